The van der Waals surface area contributed by atoms with Gasteiger partial charge in [0.2, 0.25) is 0 Å². The van der Waals surface area contributed by atoms with Crippen molar-refractivity contribution in [3.63, 3.8) is 0 Å². The number of methoxy groups -OCH3 is 1. The largest absolute Gasteiger partial charge is 0.467 e. The SMILES string of the molecule is CC.CC(=O)CCl.CCC(C)CCC(C(C)C)N(C)c1nc(OC)nc2c(F)c(-c3ccc(F)c4sc(N)c(C#N)c34)c(C(F)(F)F)cc12.C[C@@H]1CC2CCCN2C1. The second-order valence-electron chi connectivity index (χ2n) is 15.3. The summed E-state index contributed by atoms with van der Waals surface area (Å²) in [6.45, 7) is 18.8. The summed E-state index contributed by atoms with van der Waals surface area (Å²) in [5.41, 5.74) is 2.80. The molecule has 2 saturated heterocycles. The summed E-state index contributed by atoms with van der Waals surface area (Å²) in [5.74, 6) is -0.295. The predicted molar refractivity (Wildman–Crippen MR) is 228 cm³/mol. The third-order valence-corrected chi connectivity index (χ3v) is 12.1. The van der Waals surface area contributed by atoms with E-state index in [2.05, 4.69) is 35.6 Å². The van der Waals surface area contributed by atoms with Gasteiger partial charge in [-0.05, 0) is 81.0 Å². The zero-order chi connectivity index (χ0) is 43.6. The molecule has 0 saturated carbocycles. The average Bonchev–Trinajstić information content (AvgIpc) is 3.88. The summed E-state index contributed by atoms with van der Waals surface area (Å²) in [6.07, 6.45) is 2.00. The van der Waals surface area contributed by atoms with Gasteiger partial charge in [-0.15, -0.1) is 22.9 Å². The number of nitrogens with two attached hydrogens (primary N) is 1. The molecule has 58 heavy (non-hydrogen) atoms. The number of benzene rings is 2. The number of nitriles is 1. The molecule has 0 radical (unpaired) electrons. The zero-order valence-electron chi connectivity index (χ0n) is 35.3. The highest BCUT2D eigenvalue weighted by atomic mass is 35.5. The molecular weight excluding hydrogens is 795 g/mol. The molecule has 320 valence electrons. The molecule has 0 spiro atoms. The molecule has 2 aromatic heterocycles. The second-order valence-corrected chi connectivity index (χ2v) is 16.6. The van der Waals surface area contributed by atoms with E-state index in [0.29, 0.717) is 17.3 Å². The van der Waals surface area contributed by atoms with Crippen LogP contribution >= 0.6 is 22.9 Å². The van der Waals surface area contributed by atoms with E-state index in [1.165, 1.54) is 46.4 Å². The summed E-state index contributed by atoms with van der Waals surface area (Å²) in [6, 6.07) is 5.25. The number of thiophene rings is 1. The van der Waals surface area contributed by atoms with Gasteiger partial charge in [-0.25, -0.2) is 8.78 Å². The molecule has 4 aromatic rings. The van der Waals surface area contributed by atoms with Gasteiger partial charge in [-0.1, -0.05) is 61.0 Å². The molecule has 0 aliphatic carbocycles. The number of nitrogen functional groups attached to an aromatic ring is 1. The minimum absolute atomic E-state index is 0.0201. The van der Waals surface area contributed by atoms with E-state index in [1.54, 1.807) is 11.9 Å². The van der Waals surface area contributed by atoms with Crippen molar-refractivity contribution in [2.75, 3.05) is 43.8 Å². The maximum Gasteiger partial charge on any atom is 0.417 e. The normalized spacial score (nSPS) is 17.3. The third kappa shape index (κ3) is 11.3. The number of nitrogens with zero attached hydrogens (tertiary/aromatic N) is 5. The van der Waals surface area contributed by atoms with Gasteiger partial charge in [0, 0.05) is 42.0 Å². The van der Waals surface area contributed by atoms with Crippen LogP contribution in [0.15, 0.2) is 18.2 Å². The summed E-state index contributed by atoms with van der Waals surface area (Å²) >= 11 is 5.70. The van der Waals surface area contributed by atoms with E-state index in [0.717, 1.165) is 49.4 Å². The Labute approximate surface area is 348 Å². The van der Waals surface area contributed by atoms with Crippen LogP contribution in [-0.2, 0) is 11.0 Å². The first-order valence-corrected chi connectivity index (χ1v) is 21.3. The van der Waals surface area contributed by atoms with Gasteiger partial charge in [0.05, 0.1) is 28.8 Å². The van der Waals surface area contributed by atoms with Crippen molar-refractivity contribution in [3.8, 4) is 23.2 Å². The Morgan fingerprint density at radius 3 is 2.38 bits per heavy atom. The first kappa shape index (κ1) is 48.6. The van der Waals surface area contributed by atoms with E-state index in [9.17, 15) is 27.6 Å². The highest BCUT2D eigenvalue weighted by Gasteiger charge is 2.39. The Balaban J connectivity index is 0.000000466. The number of hydrogen-bond donors (Lipinski definition) is 1. The minimum Gasteiger partial charge on any atom is -0.467 e. The van der Waals surface area contributed by atoms with Crippen molar-refractivity contribution in [2.45, 2.75) is 112 Å². The Bertz CT molecular complexity index is 2040. The van der Waals surface area contributed by atoms with Crippen molar-refractivity contribution in [1.82, 2.24) is 14.9 Å². The first-order valence-electron chi connectivity index (χ1n) is 20.0. The molecule has 6 rings (SSSR count). The Morgan fingerprint density at radius 1 is 1.19 bits per heavy atom. The van der Waals surface area contributed by atoms with Crippen LogP contribution in [0.2, 0.25) is 0 Å². The number of fused-ring (bicyclic) bond motifs is 3. The monoisotopic (exact) mass is 852 g/mol. The van der Waals surface area contributed by atoms with Crippen LogP contribution < -0.4 is 15.4 Å². The van der Waals surface area contributed by atoms with Crippen molar-refractivity contribution >= 4 is 60.5 Å². The van der Waals surface area contributed by atoms with Gasteiger partial charge in [-0.2, -0.15) is 28.4 Å². The quantitative estimate of drug-likeness (QED) is 0.124. The number of ketones is 1. The molecule has 2 aliphatic rings. The third-order valence-electron chi connectivity index (χ3n) is 10.7. The molecule has 0 amide bonds. The lowest BCUT2D eigenvalue weighted by Crippen LogP contribution is -2.37. The number of hydrogen-bond acceptors (Lipinski definition) is 9. The number of anilines is 2. The van der Waals surface area contributed by atoms with Gasteiger partial charge in [0.1, 0.15) is 34.0 Å². The van der Waals surface area contributed by atoms with Gasteiger partial charge in [0.25, 0.3) is 0 Å². The second kappa shape index (κ2) is 21.5. The number of rotatable bonds is 10. The number of alkyl halides is 4. The number of aromatic nitrogens is 2. The van der Waals surface area contributed by atoms with E-state index >= 15 is 4.39 Å². The van der Waals surface area contributed by atoms with Crippen LogP contribution in [0, 0.1) is 40.7 Å². The highest BCUT2D eigenvalue weighted by molar-refractivity contribution is 7.23. The molecule has 2 aliphatic heterocycles. The number of ether oxygens (including phenoxy) is 1. The zero-order valence-corrected chi connectivity index (χ0v) is 36.9. The first-order chi connectivity index (χ1) is 27.4. The van der Waals surface area contributed by atoms with E-state index < -0.39 is 34.5 Å². The van der Waals surface area contributed by atoms with Gasteiger partial charge >= 0.3 is 12.2 Å². The Hall–Kier alpha value is -3.80. The maximum atomic E-state index is 16.6. The smallest absolute Gasteiger partial charge is 0.417 e. The topological polar surface area (TPSA) is 108 Å². The molecule has 0 bridgehead atoms. The predicted octanol–water partition coefficient (Wildman–Crippen LogP) is 11.9. The molecule has 2 aromatic carbocycles. The summed E-state index contributed by atoms with van der Waals surface area (Å²) in [4.78, 5) is 22.6. The fraction of sp³-hybridized carbons (Fsp3) is 0.581. The molecule has 8 nitrogen and oxygen atoms in total. The van der Waals surface area contributed by atoms with Crippen LogP contribution in [-0.4, -0.2) is 65.9 Å². The van der Waals surface area contributed by atoms with Crippen LogP contribution in [0.1, 0.15) is 105 Å². The molecule has 3 unspecified atom stereocenters. The molecule has 15 heteroatoms. The molecule has 4 heterocycles. The number of halogens is 6. The van der Waals surface area contributed by atoms with Crippen molar-refractivity contribution in [3.05, 3.63) is 41.0 Å². The van der Waals surface area contributed by atoms with E-state index in [4.69, 9.17) is 22.1 Å². The van der Waals surface area contributed by atoms with Crippen LogP contribution in [0.25, 0.3) is 32.1 Å². The van der Waals surface area contributed by atoms with E-state index in [1.807, 2.05) is 33.8 Å². The summed E-state index contributed by atoms with van der Waals surface area (Å²) < 4.78 is 80.5. The lowest BCUT2D eigenvalue weighted by atomic mass is 9.91. The summed E-state index contributed by atoms with van der Waals surface area (Å²) in [7, 11) is 3.01. The number of Topliss-reactive ketones (excluding diaryl/α,β-unsaturated/α-hetero) is 1. The van der Waals surface area contributed by atoms with Gasteiger partial charge in [0.15, 0.2) is 5.82 Å². The highest BCUT2D eigenvalue weighted by Crippen LogP contribution is 2.48. The van der Waals surface area contributed by atoms with E-state index in [-0.39, 0.29) is 67.1 Å². The molecule has 2 fully saturated rings. The molecule has 4 atom stereocenters. The lowest BCUT2D eigenvalue weighted by molar-refractivity contribution is -0.137. The van der Waals surface area contributed by atoms with Crippen molar-refractivity contribution < 1.29 is 31.5 Å². The fourth-order valence-electron chi connectivity index (χ4n) is 7.68. The maximum absolute atomic E-state index is 16.6. The minimum atomic E-state index is -5.02. The Kier molecular flexibility index (Phi) is 18.0. The van der Waals surface area contributed by atoms with Gasteiger partial charge < -0.3 is 20.3 Å². The van der Waals surface area contributed by atoms with Crippen LogP contribution in [0.5, 0.6) is 6.01 Å². The average molecular weight is 853 g/mol. The summed E-state index contributed by atoms with van der Waals surface area (Å²) in [5, 5.41) is 9.27. The standard InChI is InChI=1S/C30H32F5N5OS.C8H15N.C3H5ClO.C2H6/c1-7-15(4)8-11-21(14(2)3)40(5)28-17-12-19(30(33,34)35)23(24(32)25(17)38-29(39-28)41-6)16-9-10-20(31)26-22(16)18(13-36)27(37)42-26;1-7-5-8-3-2-4-9(8)6-7;1-3(5)2-4;1-2/h9-10,12,14-15,21H,7-8,11,37H2,1-6H3;7-8H,2-6H2,1H3;2H2,1H3;1-2H3/t;7-,8?;;/m.1../s1. The van der Waals surface area contributed by atoms with Crippen LogP contribution in [0.4, 0.5) is 32.8 Å². The molecular formula is C43H58ClF5N6O2S. The van der Waals surface area contributed by atoms with Crippen LogP contribution in [0.3, 0.4) is 0 Å². The number of carbonyl (C=O) groups excluding carboxylic acids is 1. The van der Waals surface area contributed by atoms with Gasteiger partial charge in [-0.3, -0.25) is 4.79 Å². The number of carbonyl (C=O) groups is 1. The van der Waals surface area contributed by atoms with Crippen molar-refractivity contribution in [2.24, 2.45) is 17.8 Å². The Morgan fingerprint density at radius 2 is 1.84 bits per heavy atom. The lowest BCUT2D eigenvalue weighted by Gasteiger charge is -2.34. The molecule has 2 N–H and O–H groups in total. The van der Waals surface area contributed by atoms with Crippen molar-refractivity contribution in [1.29, 1.82) is 5.26 Å². The fourth-order valence-corrected chi connectivity index (χ4v) is 8.63.